The number of benzene rings is 8. The molecule has 0 aliphatic rings. The van der Waals surface area contributed by atoms with Crippen molar-refractivity contribution in [3.05, 3.63) is 187 Å². The maximum absolute atomic E-state index is 9.65. The number of anilines is 3. The number of nitriles is 2. The van der Waals surface area contributed by atoms with E-state index < -0.39 is 0 Å². The normalized spacial score (nSPS) is 11.5. The van der Waals surface area contributed by atoms with Crippen LogP contribution in [0.2, 0.25) is 0 Å². The molecule has 3 heterocycles. The molecule has 0 fully saturated rings. The topological polar surface area (TPSA) is 73.8 Å². The zero-order valence-corrected chi connectivity index (χ0v) is 29.9. The smallest absolute Gasteiger partial charge is 0.135 e. The molecular formula is C50H29N5O. The van der Waals surface area contributed by atoms with Crippen LogP contribution in [0.3, 0.4) is 0 Å². The minimum atomic E-state index is 0.645. The number of rotatable bonds is 5. The lowest BCUT2D eigenvalue weighted by Gasteiger charge is -2.26. The second kappa shape index (κ2) is 12.2. The van der Waals surface area contributed by atoms with Gasteiger partial charge in [0.05, 0.1) is 45.3 Å². The molecule has 0 bridgehead atoms. The summed E-state index contributed by atoms with van der Waals surface area (Å²) in [4.78, 5) is 2.28. The second-order valence-electron chi connectivity index (χ2n) is 14.0. The number of nitrogens with zero attached hydrogens (tertiary/aromatic N) is 5. The predicted molar refractivity (Wildman–Crippen MR) is 227 cm³/mol. The van der Waals surface area contributed by atoms with Crippen molar-refractivity contribution in [1.29, 1.82) is 10.5 Å². The first kappa shape index (κ1) is 31.5. The molecule has 0 saturated heterocycles. The summed E-state index contributed by atoms with van der Waals surface area (Å²) in [7, 11) is 0. The van der Waals surface area contributed by atoms with Gasteiger partial charge in [-0.25, -0.2) is 0 Å². The van der Waals surface area contributed by atoms with E-state index in [1.54, 1.807) is 0 Å². The van der Waals surface area contributed by atoms with Crippen molar-refractivity contribution < 1.29 is 4.42 Å². The van der Waals surface area contributed by atoms with Crippen LogP contribution in [-0.2, 0) is 0 Å². The summed E-state index contributed by atoms with van der Waals surface area (Å²) in [5, 5.41) is 25.8. The molecule has 6 heteroatoms. The molecule has 3 aromatic heterocycles. The number of para-hydroxylation sites is 3. The van der Waals surface area contributed by atoms with Gasteiger partial charge in [0, 0.05) is 60.8 Å². The minimum Gasteiger partial charge on any atom is -0.456 e. The van der Waals surface area contributed by atoms with Gasteiger partial charge in [-0.2, -0.15) is 10.5 Å². The molecule has 56 heavy (non-hydrogen) atoms. The summed E-state index contributed by atoms with van der Waals surface area (Å²) >= 11 is 0. The lowest BCUT2D eigenvalue weighted by atomic mass is 10.1. The Morgan fingerprint density at radius 2 is 0.821 bits per heavy atom. The van der Waals surface area contributed by atoms with Crippen LogP contribution < -0.4 is 4.90 Å². The fourth-order valence-electron chi connectivity index (χ4n) is 8.44. The first-order valence-corrected chi connectivity index (χ1v) is 18.5. The number of hydrogen-bond acceptors (Lipinski definition) is 4. The van der Waals surface area contributed by atoms with Crippen LogP contribution >= 0.6 is 0 Å². The van der Waals surface area contributed by atoms with E-state index >= 15 is 0 Å². The number of hydrogen-bond donors (Lipinski definition) is 0. The fourth-order valence-corrected chi connectivity index (χ4v) is 8.44. The molecular weight excluding hydrogens is 687 g/mol. The molecule has 0 spiro atoms. The Hall–Kier alpha value is -8.06. The van der Waals surface area contributed by atoms with Crippen molar-refractivity contribution in [2.75, 3.05) is 4.90 Å². The number of fused-ring (bicyclic) bond motifs is 9. The zero-order chi connectivity index (χ0) is 37.3. The third-order valence-corrected chi connectivity index (χ3v) is 11.0. The average Bonchev–Trinajstić information content (AvgIpc) is 3.91. The predicted octanol–water partition coefficient (Wildman–Crippen LogP) is 13.0. The highest BCUT2D eigenvalue weighted by molar-refractivity contribution is 6.11. The van der Waals surface area contributed by atoms with Gasteiger partial charge in [-0.1, -0.05) is 54.6 Å². The standard InChI is InChI=1S/C50H29N5O/c51-30-32-13-24-47-42(27-32)39-7-1-4-10-45(39)54(47)36-19-15-34(16-20-36)53(38-23-26-50-44(29-38)41-9-3-6-12-49(41)56-50)35-17-21-37(22-18-35)55-46-11-5-2-8-40(46)43-28-33(31-52)14-25-48(43)55/h1-29H. The van der Waals surface area contributed by atoms with Gasteiger partial charge in [-0.05, 0) is 121 Å². The van der Waals surface area contributed by atoms with E-state index in [4.69, 9.17) is 4.42 Å². The van der Waals surface area contributed by atoms with Crippen LogP contribution in [0.25, 0.3) is 76.9 Å². The van der Waals surface area contributed by atoms with Crippen LogP contribution in [-0.4, -0.2) is 9.13 Å². The molecule has 8 aromatic carbocycles. The highest BCUT2D eigenvalue weighted by Crippen LogP contribution is 2.41. The van der Waals surface area contributed by atoms with Crippen molar-refractivity contribution in [2.24, 2.45) is 0 Å². The maximum Gasteiger partial charge on any atom is 0.135 e. The van der Waals surface area contributed by atoms with Crippen LogP contribution in [0.15, 0.2) is 180 Å². The Bertz CT molecular complexity index is 3270. The van der Waals surface area contributed by atoms with E-state index in [2.05, 4.69) is 135 Å². The average molecular weight is 716 g/mol. The molecule has 0 aliphatic carbocycles. The molecule has 0 saturated carbocycles. The molecule has 0 amide bonds. The van der Waals surface area contributed by atoms with Crippen LogP contribution in [0.4, 0.5) is 17.1 Å². The molecule has 11 aromatic rings. The van der Waals surface area contributed by atoms with Gasteiger partial charge in [0.25, 0.3) is 0 Å². The van der Waals surface area contributed by atoms with Gasteiger partial charge < -0.3 is 18.5 Å². The second-order valence-corrected chi connectivity index (χ2v) is 14.0. The first-order chi connectivity index (χ1) is 27.7. The van der Waals surface area contributed by atoms with Gasteiger partial charge in [-0.15, -0.1) is 0 Å². The van der Waals surface area contributed by atoms with Crippen LogP contribution in [0.5, 0.6) is 0 Å². The van der Waals surface area contributed by atoms with E-state index in [9.17, 15) is 10.5 Å². The quantitative estimate of drug-likeness (QED) is 0.178. The molecule has 0 N–H and O–H groups in total. The van der Waals surface area contributed by atoms with E-state index in [1.165, 1.54) is 0 Å². The highest BCUT2D eigenvalue weighted by atomic mass is 16.3. The summed E-state index contributed by atoms with van der Waals surface area (Å²) in [6.07, 6.45) is 0. The van der Waals surface area contributed by atoms with E-state index in [1.807, 2.05) is 66.7 Å². The van der Waals surface area contributed by atoms with Gasteiger partial charge in [0.2, 0.25) is 0 Å². The molecule has 11 rings (SSSR count). The highest BCUT2D eigenvalue weighted by Gasteiger charge is 2.19. The monoisotopic (exact) mass is 715 g/mol. The van der Waals surface area contributed by atoms with Crippen LogP contribution in [0.1, 0.15) is 11.1 Å². The Balaban J connectivity index is 1.07. The minimum absolute atomic E-state index is 0.645. The SMILES string of the molecule is N#Cc1ccc2c(c1)c1ccccc1n2-c1ccc(N(c2ccc(-n3c4ccccc4c4cc(C#N)ccc43)cc2)c2ccc3oc4ccccc4c3c2)cc1. The van der Waals surface area contributed by atoms with Crippen molar-refractivity contribution in [1.82, 2.24) is 9.13 Å². The summed E-state index contributed by atoms with van der Waals surface area (Å²) in [6.45, 7) is 0. The van der Waals surface area contributed by atoms with Crippen molar-refractivity contribution >= 4 is 82.6 Å². The number of aromatic nitrogens is 2. The van der Waals surface area contributed by atoms with Gasteiger partial charge in [-0.3, -0.25) is 0 Å². The van der Waals surface area contributed by atoms with E-state index in [-0.39, 0.29) is 0 Å². The molecule has 0 aliphatic heterocycles. The summed E-state index contributed by atoms with van der Waals surface area (Å²) in [5.41, 5.74) is 12.3. The molecule has 0 radical (unpaired) electrons. The Morgan fingerprint density at radius 1 is 0.375 bits per heavy atom. The van der Waals surface area contributed by atoms with Crippen LogP contribution in [0, 0.1) is 22.7 Å². The van der Waals surface area contributed by atoms with Crippen molar-refractivity contribution in [3.63, 3.8) is 0 Å². The third kappa shape index (κ3) is 4.74. The molecule has 0 atom stereocenters. The summed E-state index contributed by atoms with van der Waals surface area (Å²) in [6, 6.07) is 65.0. The Morgan fingerprint density at radius 3 is 1.36 bits per heavy atom. The Labute approximate surface area is 321 Å². The van der Waals surface area contributed by atoms with Gasteiger partial charge in [0.15, 0.2) is 0 Å². The first-order valence-electron chi connectivity index (χ1n) is 18.5. The lowest BCUT2D eigenvalue weighted by molar-refractivity contribution is 0.669. The Kier molecular flexibility index (Phi) is 6.88. The molecule has 6 nitrogen and oxygen atoms in total. The van der Waals surface area contributed by atoms with Gasteiger partial charge in [0.1, 0.15) is 11.2 Å². The zero-order valence-electron chi connectivity index (χ0n) is 29.9. The molecule has 260 valence electrons. The molecule has 0 unspecified atom stereocenters. The largest absolute Gasteiger partial charge is 0.456 e. The maximum atomic E-state index is 9.65. The third-order valence-electron chi connectivity index (χ3n) is 11.0. The van der Waals surface area contributed by atoms with E-state index in [0.717, 1.165) is 94.0 Å². The summed E-state index contributed by atoms with van der Waals surface area (Å²) < 4.78 is 10.8. The van der Waals surface area contributed by atoms with Crippen molar-refractivity contribution in [3.8, 4) is 23.5 Å². The van der Waals surface area contributed by atoms with Gasteiger partial charge >= 0.3 is 0 Å². The lowest BCUT2D eigenvalue weighted by Crippen LogP contribution is -2.10. The van der Waals surface area contributed by atoms with E-state index in [0.29, 0.717) is 11.1 Å². The number of furan rings is 1. The van der Waals surface area contributed by atoms with Crippen molar-refractivity contribution in [2.45, 2.75) is 0 Å². The summed E-state index contributed by atoms with van der Waals surface area (Å²) in [5.74, 6) is 0. The fraction of sp³-hybridized carbons (Fsp3) is 0.